The van der Waals surface area contributed by atoms with Gasteiger partial charge >= 0.3 is 12.4 Å². The number of aromatic nitrogens is 2. The molecule has 0 unspecified atom stereocenters. The van der Waals surface area contributed by atoms with E-state index < -0.39 is 29.0 Å². The first kappa shape index (κ1) is 64.7. The number of rotatable bonds is 8. The number of nitrogens with zero attached hydrogens (tertiary/aromatic N) is 15. The fourth-order valence-corrected chi connectivity index (χ4v) is 13.3. The van der Waals surface area contributed by atoms with Gasteiger partial charge in [-0.1, -0.05) is 42.5 Å². The fraction of sp³-hybridized carbons (Fsp3) is 0.0247. The maximum atomic E-state index is 15.5. The van der Waals surface area contributed by atoms with Crippen LogP contribution in [0.2, 0.25) is 0 Å². The van der Waals surface area contributed by atoms with E-state index in [2.05, 4.69) is 54.6 Å². The van der Waals surface area contributed by atoms with Gasteiger partial charge < -0.3 is 9.13 Å². The molecular formula is C81H29F6N15. The molecule has 0 bridgehead atoms. The van der Waals surface area contributed by atoms with Gasteiger partial charge in [-0.05, 0) is 167 Å². The smallest absolute Gasteiger partial charge is 0.309 e. The molecule has 0 spiro atoms. The lowest BCUT2D eigenvalue weighted by Gasteiger charge is -2.21. The van der Waals surface area contributed by atoms with Crippen LogP contribution in [0.15, 0.2) is 176 Å². The van der Waals surface area contributed by atoms with Crippen molar-refractivity contribution < 1.29 is 26.3 Å². The van der Waals surface area contributed by atoms with Crippen LogP contribution < -0.4 is 0 Å². The minimum atomic E-state index is -5.38. The van der Waals surface area contributed by atoms with Gasteiger partial charge in [-0.15, -0.1) is 0 Å². The molecule has 0 fully saturated rings. The third kappa shape index (κ3) is 10.7. The molecule has 11 aromatic carbocycles. The summed E-state index contributed by atoms with van der Waals surface area (Å²) in [5, 5.41) is 136. The first-order chi connectivity index (χ1) is 49.2. The normalized spacial score (nSPS) is 10.9. The van der Waals surface area contributed by atoms with E-state index in [0.717, 1.165) is 0 Å². The summed E-state index contributed by atoms with van der Waals surface area (Å²) < 4.78 is 93.2. The summed E-state index contributed by atoms with van der Waals surface area (Å²) >= 11 is 0. The zero-order chi connectivity index (χ0) is 72.2. The fourth-order valence-electron chi connectivity index (χ4n) is 13.3. The Kier molecular flexibility index (Phi) is 15.8. The highest BCUT2D eigenvalue weighted by Crippen LogP contribution is 2.49. The molecule has 21 heteroatoms. The van der Waals surface area contributed by atoms with Crippen molar-refractivity contribution in [3.05, 3.63) is 259 Å². The van der Waals surface area contributed by atoms with Gasteiger partial charge in [-0.2, -0.15) is 94.7 Å². The highest BCUT2D eigenvalue weighted by atomic mass is 19.4. The van der Waals surface area contributed by atoms with Gasteiger partial charge in [0.1, 0.15) is 0 Å². The van der Waals surface area contributed by atoms with Gasteiger partial charge in [-0.25, -0.2) is 0 Å². The van der Waals surface area contributed by atoms with Crippen molar-refractivity contribution in [3.63, 3.8) is 0 Å². The summed E-state index contributed by atoms with van der Waals surface area (Å²) in [4.78, 5) is 0. The SMILES string of the molecule is N#Cc1cc(C#N)c(-c2ccc3c(c2)c2cc(-c4c(C#N)cc(C#N)cc4C#N)ccc2n3-c2ccc(C#N)cc2-c2ccc(-c3ccc(C(F)(F)F)cc3C(F)(F)F)cc2-n2c3ccc(-c4c(C#N)cc(C#N)cc4C#N)cc3c3cc(-c4c(C#N)cc(C#N)cc4C#N)ccc32)c(C#N)c1. The summed E-state index contributed by atoms with van der Waals surface area (Å²) in [7, 11) is 0. The predicted molar refractivity (Wildman–Crippen MR) is 359 cm³/mol. The van der Waals surface area contributed by atoms with Gasteiger partial charge in [-0.3, -0.25) is 0 Å². The molecule has 0 radical (unpaired) electrons. The molecule has 0 aliphatic rings. The van der Waals surface area contributed by atoms with Crippen LogP contribution in [0.25, 0.3) is 122 Å². The number of benzene rings is 11. The molecule has 102 heavy (non-hydrogen) atoms. The number of hydrogen-bond acceptors (Lipinski definition) is 13. The van der Waals surface area contributed by atoms with Crippen molar-refractivity contribution in [2.75, 3.05) is 0 Å². The Morgan fingerprint density at radius 3 is 0.833 bits per heavy atom. The lowest BCUT2D eigenvalue weighted by atomic mass is 9.91. The molecule has 0 saturated heterocycles. The molecule has 13 rings (SSSR count). The number of fused-ring (bicyclic) bond motifs is 6. The minimum Gasteiger partial charge on any atom is -0.309 e. The molecule has 0 aliphatic carbocycles. The average Bonchev–Trinajstić information content (AvgIpc) is 1.57. The Bertz CT molecular complexity index is 6170. The second-order valence-corrected chi connectivity index (χ2v) is 23.1. The summed E-state index contributed by atoms with van der Waals surface area (Å²) in [5.74, 6) is 0. The molecule has 0 aliphatic heterocycles. The molecule has 0 atom stereocenters. The first-order valence-corrected chi connectivity index (χ1v) is 29.9. The summed E-state index contributed by atoms with van der Waals surface area (Å²) in [6.07, 6.45) is -10.6. The van der Waals surface area contributed by atoms with Crippen molar-refractivity contribution in [1.29, 1.82) is 68.4 Å². The standard InChI is InChI=1S/C81H29F6N15/c82-80(83,84)61-7-9-62(69(29-61)81(85,86)87)48-2-8-63(75(28-48)102-73-13-5-51(78-57(39-97)19-46(33-91)20-58(78)40-98)26-67(73)68-27-52(6-14-74(68)102)79-59(41-99)21-47(34-92)22-60(79)42-100)64-23-43(30-88)1-10-70(64)101-71-11-3-49(76-53(35-93)15-44(31-89)16-54(76)36-94)24-65(71)66-25-50(4-12-72(66)101)77-55(37-95)17-45(32-90)18-56(77)38-96/h1-29H. The summed E-state index contributed by atoms with van der Waals surface area (Å²) in [5.41, 5.74) is -0.775. The molecule has 0 amide bonds. The van der Waals surface area contributed by atoms with Crippen LogP contribution in [-0.2, 0) is 12.4 Å². The van der Waals surface area contributed by atoms with E-state index in [-0.39, 0.29) is 151 Å². The molecule has 0 N–H and O–H groups in total. The Hall–Kier alpha value is -16.0. The highest BCUT2D eigenvalue weighted by molar-refractivity contribution is 6.15. The molecule has 13 aromatic rings. The molecule has 2 aromatic heterocycles. The zero-order valence-corrected chi connectivity index (χ0v) is 51.7. The van der Waals surface area contributed by atoms with Crippen LogP contribution in [0, 0.1) is 147 Å². The lowest BCUT2D eigenvalue weighted by molar-refractivity contribution is -0.142. The number of nitriles is 13. The van der Waals surface area contributed by atoms with E-state index in [9.17, 15) is 81.6 Å². The third-order valence-corrected chi connectivity index (χ3v) is 17.6. The summed E-state index contributed by atoms with van der Waals surface area (Å²) in [6, 6.07) is 66.6. The van der Waals surface area contributed by atoms with Gasteiger partial charge in [0.2, 0.25) is 0 Å². The van der Waals surface area contributed by atoms with E-state index in [4.69, 9.17) is 0 Å². The van der Waals surface area contributed by atoms with Gasteiger partial charge in [0, 0.05) is 54.9 Å². The van der Waals surface area contributed by atoms with Crippen molar-refractivity contribution in [3.8, 4) is 157 Å². The zero-order valence-electron chi connectivity index (χ0n) is 51.7. The van der Waals surface area contributed by atoms with E-state index in [1.807, 2.05) is 24.3 Å². The quantitative estimate of drug-likeness (QED) is 0.128. The van der Waals surface area contributed by atoms with Crippen molar-refractivity contribution in [1.82, 2.24) is 9.13 Å². The van der Waals surface area contributed by atoms with Crippen LogP contribution in [0.4, 0.5) is 26.3 Å². The van der Waals surface area contributed by atoms with E-state index >= 15 is 13.2 Å². The average molecular weight is 1330 g/mol. The third-order valence-electron chi connectivity index (χ3n) is 17.6. The monoisotopic (exact) mass is 1330 g/mol. The number of hydrogen-bond donors (Lipinski definition) is 0. The molecule has 15 nitrogen and oxygen atoms in total. The minimum absolute atomic E-state index is 0.000489. The lowest BCUT2D eigenvalue weighted by Crippen LogP contribution is -2.12. The predicted octanol–water partition coefficient (Wildman–Crippen LogP) is 18.3. The second kappa shape index (κ2) is 24.9. The maximum Gasteiger partial charge on any atom is 0.417 e. The first-order valence-electron chi connectivity index (χ1n) is 29.9. The Morgan fingerprint density at radius 2 is 0.539 bits per heavy atom. The molecule has 0 saturated carbocycles. The van der Waals surface area contributed by atoms with E-state index in [1.54, 1.807) is 88.0 Å². The Balaban J connectivity index is 1.18. The number of halogens is 6. The highest BCUT2D eigenvalue weighted by Gasteiger charge is 2.39. The van der Waals surface area contributed by atoms with E-state index in [0.29, 0.717) is 55.8 Å². The largest absolute Gasteiger partial charge is 0.417 e. The maximum absolute atomic E-state index is 15.5. The second-order valence-electron chi connectivity index (χ2n) is 23.1. The Morgan fingerprint density at radius 1 is 0.235 bits per heavy atom. The Labute approximate surface area is 573 Å². The van der Waals surface area contributed by atoms with Gasteiger partial charge in [0.25, 0.3) is 0 Å². The van der Waals surface area contributed by atoms with Crippen molar-refractivity contribution >= 4 is 43.6 Å². The van der Waals surface area contributed by atoms with Crippen molar-refractivity contribution in [2.45, 2.75) is 12.4 Å². The van der Waals surface area contributed by atoms with Crippen LogP contribution >= 0.6 is 0 Å². The molecule has 2 heterocycles. The van der Waals surface area contributed by atoms with E-state index in [1.165, 1.54) is 78.9 Å². The van der Waals surface area contributed by atoms with Crippen molar-refractivity contribution in [2.24, 2.45) is 0 Å². The topological polar surface area (TPSA) is 319 Å². The van der Waals surface area contributed by atoms with Crippen LogP contribution in [0.1, 0.15) is 83.5 Å². The molecular weight excluding hydrogens is 1300 g/mol. The van der Waals surface area contributed by atoms with Gasteiger partial charge in [0.15, 0.2) is 0 Å². The molecule has 470 valence electrons. The summed E-state index contributed by atoms with van der Waals surface area (Å²) in [6.45, 7) is 0. The number of alkyl halides is 6. The van der Waals surface area contributed by atoms with Crippen LogP contribution in [0.5, 0.6) is 0 Å². The van der Waals surface area contributed by atoms with Gasteiger partial charge in [0.05, 0.1) is 196 Å². The van der Waals surface area contributed by atoms with Crippen LogP contribution in [0.3, 0.4) is 0 Å². The van der Waals surface area contributed by atoms with Crippen LogP contribution in [-0.4, -0.2) is 9.13 Å².